The van der Waals surface area contributed by atoms with Gasteiger partial charge in [-0.05, 0) is 43.7 Å². The Kier molecular flexibility index (Phi) is 7.33. The first-order chi connectivity index (χ1) is 17.4. The number of benzene rings is 1. The SMILES string of the molecule is CC(c1ccc(C(F)(F)F)cc1)N1C[C@H](C)N(c2nc(=O)n(C)c3ccc(Cl)nc23)C[C@H]1CNC(=O)O. The van der Waals surface area contributed by atoms with E-state index in [0.29, 0.717) is 29.0 Å². The number of halogens is 4. The van der Waals surface area contributed by atoms with Gasteiger partial charge in [0, 0.05) is 44.8 Å². The number of carboxylic acid groups (broad SMARTS) is 1. The van der Waals surface area contributed by atoms with Gasteiger partial charge in [0.25, 0.3) is 0 Å². The van der Waals surface area contributed by atoms with E-state index < -0.39 is 23.5 Å². The van der Waals surface area contributed by atoms with Gasteiger partial charge in [-0.3, -0.25) is 9.47 Å². The molecule has 0 aliphatic carbocycles. The van der Waals surface area contributed by atoms with Crippen molar-refractivity contribution in [1.29, 1.82) is 0 Å². The Balaban J connectivity index is 1.70. The molecule has 1 aliphatic rings. The van der Waals surface area contributed by atoms with Gasteiger partial charge in [0.2, 0.25) is 0 Å². The number of fused-ring (bicyclic) bond motifs is 1. The highest BCUT2D eigenvalue weighted by Crippen LogP contribution is 2.34. The number of amides is 1. The summed E-state index contributed by atoms with van der Waals surface area (Å²) in [7, 11) is 1.59. The van der Waals surface area contributed by atoms with Crippen molar-refractivity contribution in [3.05, 3.63) is 63.2 Å². The quantitative estimate of drug-likeness (QED) is 0.475. The highest BCUT2D eigenvalue weighted by Gasteiger charge is 2.37. The fourth-order valence-electron chi connectivity index (χ4n) is 4.75. The normalized spacial score (nSPS) is 19.7. The number of pyridine rings is 1. The predicted octanol–water partition coefficient (Wildman–Crippen LogP) is 3.91. The highest BCUT2D eigenvalue weighted by molar-refractivity contribution is 6.29. The molecular weight excluding hydrogens is 513 g/mol. The van der Waals surface area contributed by atoms with Gasteiger partial charge in [-0.1, -0.05) is 23.7 Å². The third-order valence-electron chi connectivity index (χ3n) is 6.76. The maximum absolute atomic E-state index is 13.0. The maximum Gasteiger partial charge on any atom is 0.416 e. The smallest absolute Gasteiger partial charge is 0.416 e. The molecule has 0 bridgehead atoms. The summed E-state index contributed by atoms with van der Waals surface area (Å²) in [5.41, 5.74) is 0.447. The van der Waals surface area contributed by atoms with E-state index in [2.05, 4.69) is 15.3 Å². The summed E-state index contributed by atoms with van der Waals surface area (Å²) in [5, 5.41) is 11.9. The van der Waals surface area contributed by atoms with Crippen molar-refractivity contribution in [2.45, 2.75) is 38.1 Å². The number of rotatable bonds is 5. The predicted molar refractivity (Wildman–Crippen MR) is 133 cm³/mol. The van der Waals surface area contributed by atoms with Crippen LogP contribution in [0.15, 0.2) is 41.2 Å². The molecule has 37 heavy (non-hydrogen) atoms. The lowest BCUT2D eigenvalue weighted by atomic mass is 9.99. The number of aryl methyl sites for hydroxylation is 1. The van der Waals surface area contributed by atoms with Crippen LogP contribution in [-0.2, 0) is 13.2 Å². The molecule has 1 aliphatic heterocycles. The van der Waals surface area contributed by atoms with Crippen LogP contribution in [-0.4, -0.2) is 62.4 Å². The van der Waals surface area contributed by atoms with E-state index in [-0.39, 0.29) is 36.4 Å². The van der Waals surface area contributed by atoms with Gasteiger partial charge in [0.1, 0.15) is 10.7 Å². The minimum Gasteiger partial charge on any atom is -0.465 e. The fourth-order valence-corrected chi connectivity index (χ4v) is 4.90. The standard InChI is InChI=1S/C24H26ClF3N6O3/c1-13-11-34(14(2)15-4-6-16(7-5-15)24(26,27)28)17(10-29-23(36)37)12-33(13)21-20-18(8-9-19(25)30-20)32(3)22(35)31-21/h4-9,13-14,17,29H,10-12H2,1-3H3,(H,36,37)/t13-,14?,17+/m0/s1. The van der Waals surface area contributed by atoms with Crippen molar-refractivity contribution in [3.8, 4) is 0 Å². The Hall–Kier alpha value is -3.38. The van der Waals surface area contributed by atoms with Crippen LogP contribution in [0.4, 0.5) is 23.8 Å². The van der Waals surface area contributed by atoms with Crippen LogP contribution in [0, 0.1) is 0 Å². The Morgan fingerprint density at radius 3 is 2.49 bits per heavy atom. The Labute approximate surface area is 215 Å². The number of carbonyl (C=O) groups is 1. The molecular formula is C24H26ClF3N6O3. The molecule has 1 fully saturated rings. The van der Waals surface area contributed by atoms with E-state index in [4.69, 9.17) is 11.6 Å². The Morgan fingerprint density at radius 1 is 1.19 bits per heavy atom. The molecule has 1 saturated heterocycles. The largest absolute Gasteiger partial charge is 0.465 e. The van der Waals surface area contributed by atoms with E-state index in [1.54, 1.807) is 19.2 Å². The van der Waals surface area contributed by atoms with Crippen molar-refractivity contribution in [2.75, 3.05) is 24.5 Å². The van der Waals surface area contributed by atoms with E-state index in [9.17, 15) is 27.9 Å². The highest BCUT2D eigenvalue weighted by atomic mass is 35.5. The summed E-state index contributed by atoms with van der Waals surface area (Å²) in [6.07, 6.45) is -5.63. The number of nitrogens with zero attached hydrogens (tertiary/aromatic N) is 5. The van der Waals surface area contributed by atoms with Crippen LogP contribution in [0.3, 0.4) is 0 Å². The molecule has 2 aromatic heterocycles. The average Bonchev–Trinajstić information content (AvgIpc) is 2.84. The Bertz CT molecular complexity index is 1360. The molecule has 4 rings (SSSR count). The maximum atomic E-state index is 13.0. The van der Waals surface area contributed by atoms with Gasteiger partial charge < -0.3 is 15.3 Å². The first-order valence-corrected chi connectivity index (χ1v) is 11.9. The molecule has 0 spiro atoms. The number of alkyl halides is 3. The first-order valence-electron chi connectivity index (χ1n) is 11.6. The third kappa shape index (κ3) is 5.49. The summed E-state index contributed by atoms with van der Waals surface area (Å²) >= 11 is 6.14. The lowest BCUT2D eigenvalue weighted by Gasteiger charge is -2.48. The van der Waals surface area contributed by atoms with E-state index >= 15 is 0 Å². The molecule has 1 amide bonds. The van der Waals surface area contributed by atoms with Crippen LogP contribution in [0.25, 0.3) is 11.0 Å². The molecule has 0 saturated carbocycles. The second kappa shape index (κ2) is 10.2. The molecule has 1 aromatic carbocycles. The second-order valence-corrected chi connectivity index (χ2v) is 9.50. The zero-order valence-corrected chi connectivity index (χ0v) is 21.1. The van der Waals surface area contributed by atoms with Gasteiger partial charge in [-0.15, -0.1) is 0 Å². The summed E-state index contributed by atoms with van der Waals surface area (Å²) in [6.45, 7) is 4.57. The first kappa shape index (κ1) is 26.7. The molecule has 9 nitrogen and oxygen atoms in total. The summed E-state index contributed by atoms with van der Waals surface area (Å²) in [5.74, 6) is 0.343. The molecule has 3 atom stereocenters. The van der Waals surface area contributed by atoms with Gasteiger partial charge in [-0.2, -0.15) is 18.2 Å². The Morgan fingerprint density at radius 2 is 1.86 bits per heavy atom. The zero-order valence-electron chi connectivity index (χ0n) is 20.3. The number of aromatic nitrogens is 3. The topological polar surface area (TPSA) is 104 Å². The second-order valence-electron chi connectivity index (χ2n) is 9.11. The van der Waals surface area contributed by atoms with Crippen molar-refractivity contribution in [1.82, 2.24) is 24.8 Å². The van der Waals surface area contributed by atoms with Crippen molar-refractivity contribution < 1.29 is 23.1 Å². The molecule has 13 heteroatoms. The van der Waals surface area contributed by atoms with Crippen LogP contribution in [0.5, 0.6) is 0 Å². The van der Waals surface area contributed by atoms with Crippen LogP contribution < -0.4 is 15.9 Å². The monoisotopic (exact) mass is 538 g/mol. The molecule has 3 aromatic rings. The lowest BCUT2D eigenvalue weighted by molar-refractivity contribution is -0.137. The lowest BCUT2D eigenvalue weighted by Crippen LogP contribution is -2.61. The van der Waals surface area contributed by atoms with Gasteiger partial charge in [-0.25, -0.2) is 14.6 Å². The van der Waals surface area contributed by atoms with Crippen molar-refractivity contribution >= 4 is 34.5 Å². The molecule has 3 heterocycles. The van der Waals surface area contributed by atoms with Crippen LogP contribution in [0.2, 0.25) is 5.15 Å². The fraction of sp³-hybridized carbons (Fsp3) is 0.417. The zero-order chi connectivity index (χ0) is 27.1. The summed E-state index contributed by atoms with van der Waals surface area (Å²) in [6, 6.07) is 7.35. The van der Waals surface area contributed by atoms with Crippen LogP contribution >= 0.6 is 11.6 Å². The van der Waals surface area contributed by atoms with Gasteiger partial charge >= 0.3 is 18.0 Å². The van der Waals surface area contributed by atoms with Crippen molar-refractivity contribution in [3.63, 3.8) is 0 Å². The minimum atomic E-state index is -4.44. The van der Waals surface area contributed by atoms with Gasteiger partial charge in [0.05, 0.1) is 11.1 Å². The number of nitrogens with one attached hydrogen (secondary N) is 1. The number of hydrogen-bond donors (Lipinski definition) is 2. The summed E-state index contributed by atoms with van der Waals surface area (Å²) in [4.78, 5) is 36.5. The van der Waals surface area contributed by atoms with Crippen molar-refractivity contribution in [2.24, 2.45) is 7.05 Å². The minimum absolute atomic E-state index is 0.0560. The van der Waals surface area contributed by atoms with Crippen LogP contribution in [0.1, 0.15) is 31.0 Å². The summed E-state index contributed by atoms with van der Waals surface area (Å²) < 4.78 is 40.5. The molecule has 0 radical (unpaired) electrons. The molecule has 198 valence electrons. The number of hydrogen-bond acceptors (Lipinski definition) is 6. The average molecular weight is 539 g/mol. The molecule has 1 unspecified atom stereocenters. The van der Waals surface area contributed by atoms with Gasteiger partial charge in [0.15, 0.2) is 5.82 Å². The molecule has 2 N–H and O–H groups in total. The third-order valence-corrected chi connectivity index (χ3v) is 6.97. The van der Waals surface area contributed by atoms with E-state index in [0.717, 1.165) is 12.1 Å². The number of piperazine rings is 1. The van der Waals surface area contributed by atoms with E-state index in [1.807, 2.05) is 23.6 Å². The van der Waals surface area contributed by atoms with E-state index in [1.165, 1.54) is 16.7 Å². The number of anilines is 1.